The number of carbonyl (C=O) groups excluding carboxylic acids is 4. The molecule has 0 fully saturated rings. The van der Waals surface area contributed by atoms with Crippen molar-refractivity contribution in [3.05, 3.63) is 71.9 Å². The fourth-order valence-corrected chi connectivity index (χ4v) is 6.62. The molecule has 10 nitrogen and oxygen atoms in total. The molecule has 0 aliphatic rings. The van der Waals surface area contributed by atoms with E-state index < -0.39 is 24.2 Å². The fraction of sp³-hybridized carbons (Fsp3) is 0.526. The van der Waals surface area contributed by atoms with Crippen LogP contribution >= 0.6 is 0 Å². The van der Waals surface area contributed by atoms with Gasteiger partial charge in [-0.3, -0.25) is 19.2 Å². The third-order valence-corrected chi connectivity index (χ3v) is 9.30. The molecule has 0 bridgehead atoms. The van der Waals surface area contributed by atoms with Gasteiger partial charge in [-0.15, -0.1) is 0 Å². The van der Waals surface area contributed by atoms with Crippen LogP contribution in [0.2, 0.25) is 0 Å². The van der Waals surface area contributed by atoms with Gasteiger partial charge in [0.25, 0.3) is 0 Å². The molecule has 4 atom stereocenters. The lowest BCUT2D eigenvalue weighted by molar-refractivity contribution is -0.154. The summed E-state index contributed by atoms with van der Waals surface area (Å²) in [5.74, 6) is -1.52. The number of nitrogens with one attached hydrogen (secondary N) is 3. The maximum Gasteiger partial charge on any atom is 0.246 e. The molecule has 0 aliphatic heterocycles. The van der Waals surface area contributed by atoms with Crippen LogP contribution in [0, 0.1) is 17.8 Å². The molecular formula is C38H56N6O4. The molecule has 48 heavy (non-hydrogen) atoms. The average Bonchev–Trinajstić information content (AvgIpc) is 3.46. The van der Waals surface area contributed by atoms with Crippen LogP contribution in [-0.2, 0) is 32.0 Å². The van der Waals surface area contributed by atoms with Gasteiger partial charge in [0.2, 0.25) is 23.6 Å². The van der Waals surface area contributed by atoms with Crippen molar-refractivity contribution >= 4 is 34.5 Å². The van der Waals surface area contributed by atoms with E-state index in [1.807, 2.05) is 96.3 Å². The molecule has 0 spiro atoms. The monoisotopic (exact) mass is 660 g/mol. The van der Waals surface area contributed by atoms with Gasteiger partial charge in [-0.05, 0) is 48.4 Å². The highest BCUT2D eigenvalue weighted by Crippen LogP contribution is 2.22. The topological polar surface area (TPSA) is 118 Å². The number of aromatic amines is 1. The van der Waals surface area contributed by atoms with Gasteiger partial charge in [0.15, 0.2) is 0 Å². The summed E-state index contributed by atoms with van der Waals surface area (Å²) in [4.78, 5) is 63.6. The Morgan fingerprint density at radius 1 is 0.708 bits per heavy atom. The summed E-state index contributed by atoms with van der Waals surface area (Å²) < 4.78 is 0. The summed E-state index contributed by atoms with van der Waals surface area (Å²) in [5, 5.41) is 7.26. The lowest BCUT2D eigenvalue weighted by Crippen LogP contribution is -2.61. The number of hydrogen-bond acceptors (Lipinski definition) is 5. The third kappa shape index (κ3) is 9.04. The molecule has 10 heteroatoms. The van der Waals surface area contributed by atoms with E-state index in [9.17, 15) is 19.2 Å². The van der Waals surface area contributed by atoms with Crippen molar-refractivity contribution in [3.8, 4) is 0 Å². The highest BCUT2D eigenvalue weighted by molar-refractivity contribution is 5.95. The van der Waals surface area contributed by atoms with Crippen LogP contribution in [0.1, 0.15) is 52.7 Å². The number of aromatic nitrogens is 1. The number of amides is 4. The Hall–Kier alpha value is -4.18. The van der Waals surface area contributed by atoms with Crippen LogP contribution in [0.15, 0.2) is 60.8 Å². The van der Waals surface area contributed by atoms with Crippen molar-refractivity contribution in [2.45, 2.75) is 78.6 Å². The molecule has 0 unspecified atom stereocenters. The Kier molecular flexibility index (Phi) is 13.8. The molecule has 3 rings (SSSR count). The minimum Gasteiger partial charge on any atom is -0.361 e. The maximum absolute atomic E-state index is 14.4. The number of carbonyl (C=O) groups is 4. The summed E-state index contributed by atoms with van der Waals surface area (Å²) >= 11 is 0. The molecule has 0 saturated carbocycles. The summed E-state index contributed by atoms with van der Waals surface area (Å²) in [6.45, 7) is 11.9. The van der Waals surface area contributed by atoms with E-state index in [4.69, 9.17) is 0 Å². The quantitative estimate of drug-likeness (QED) is 0.214. The number of nitrogens with zero attached hydrogens (tertiary/aromatic N) is 3. The summed E-state index contributed by atoms with van der Waals surface area (Å²) in [6, 6.07) is 14.8. The van der Waals surface area contributed by atoms with Gasteiger partial charge in [-0.1, -0.05) is 90.1 Å². The van der Waals surface area contributed by atoms with Gasteiger partial charge in [-0.25, -0.2) is 0 Å². The van der Waals surface area contributed by atoms with E-state index in [-0.39, 0.29) is 41.4 Å². The number of para-hydroxylation sites is 1. The first-order valence-corrected chi connectivity index (χ1v) is 17.0. The summed E-state index contributed by atoms with van der Waals surface area (Å²) in [6.07, 6.45) is 2.91. The number of H-pyrrole nitrogens is 1. The summed E-state index contributed by atoms with van der Waals surface area (Å²) in [5.41, 5.74) is 3.07. The Morgan fingerprint density at radius 3 is 1.81 bits per heavy atom. The zero-order chi connectivity index (χ0) is 35.7. The van der Waals surface area contributed by atoms with Gasteiger partial charge >= 0.3 is 0 Å². The SMILES string of the molecule is CN[C@H](C(=O)N(C)[C@H](C(=O)N(C)[C@H](C(=O)N(C)[C@@H](Cc1ccccc1)C(=O)NCCc1c[nH]c2ccccc12)C(C)C)C(C)C)C(C)C. The zero-order valence-corrected chi connectivity index (χ0v) is 30.4. The number of rotatable bonds is 16. The van der Waals surface area contributed by atoms with E-state index in [2.05, 4.69) is 21.7 Å². The molecule has 2 aromatic carbocycles. The van der Waals surface area contributed by atoms with Gasteiger partial charge < -0.3 is 30.3 Å². The van der Waals surface area contributed by atoms with E-state index >= 15 is 0 Å². The Balaban J connectivity index is 1.84. The maximum atomic E-state index is 14.4. The van der Waals surface area contributed by atoms with Crippen molar-refractivity contribution < 1.29 is 19.2 Å². The zero-order valence-electron chi connectivity index (χ0n) is 30.4. The van der Waals surface area contributed by atoms with Crippen molar-refractivity contribution in [3.63, 3.8) is 0 Å². The fourth-order valence-electron chi connectivity index (χ4n) is 6.62. The largest absolute Gasteiger partial charge is 0.361 e. The van der Waals surface area contributed by atoms with E-state index in [1.165, 1.54) is 14.7 Å². The third-order valence-electron chi connectivity index (χ3n) is 9.30. The van der Waals surface area contributed by atoms with Crippen LogP contribution in [0.5, 0.6) is 0 Å². The lowest BCUT2D eigenvalue weighted by Gasteiger charge is -2.40. The molecule has 1 aromatic heterocycles. The van der Waals surface area contributed by atoms with Crippen molar-refractivity contribution in [2.24, 2.45) is 17.8 Å². The second kappa shape index (κ2) is 17.3. The standard InChI is InChI=1S/C38H56N6O4/c1-24(2)32(39-7)36(46)43(9)34(26(5)6)38(48)44(10)33(25(3)4)37(47)42(8)31(22-27-16-12-11-13-17-27)35(45)40-21-20-28-23-41-30-19-15-14-18-29(28)30/h11-19,23-26,31-34,39,41H,20-22H2,1-10H3,(H,40,45)/t31-,32-,33-,34-/m0/s1. The smallest absolute Gasteiger partial charge is 0.246 e. The van der Waals surface area contributed by atoms with Crippen LogP contribution in [0.4, 0.5) is 0 Å². The molecule has 0 radical (unpaired) electrons. The first-order chi connectivity index (χ1) is 22.7. The van der Waals surface area contributed by atoms with Gasteiger partial charge in [-0.2, -0.15) is 0 Å². The minimum absolute atomic E-state index is 0.0271. The number of benzene rings is 2. The predicted molar refractivity (Wildman–Crippen MR) is 192 cm³/mol. The number of hydrogen-bond donors (Lipinski definition) is 3. The lowest BCUT2D eigenvalue weighted by atomic mass is 9.94. The predicted octanol–water partition coefficient (Wildman–Crippen LogP) is 4.11. The highest BCUT2D eigenvalue weighted by atomic mass is 16.2. The molecule has 3 aromatic rings. The van der Waals surface area contributed by atoms with Crippen LogP contribution < -0.4 is 10.6 Å². The van der Waals surface area contributed by atoms with Crippen LogP contribution in [-0.4, -0.2) is 102 Å². The van der Waals surface area contributed by atoms with Crippen molar-refractivity contribution in [1.82, 2.24) is 30.3 Å². The first kappa shape index (κ1) is 38.3. The normalized spacial score (nSPS) is 14.1. The Bertz CT molecular complexity index is 1520. The Morgan fingerprint density at radius 2 is 1.25 bits per heavy atom. The van der Waals surface area contributed by atoms with E-state index in [0.29, 0.717) is 19.4 Å². The van der Waals surface area contributed by atoms with Crippen LogP contribution in [0.25, 0.3) is 10.9 Å². The molecule has 1 heterocycles. The number of likely N-dealkylation sites (N-methyl/N-ethyl adjacent to an activating group) is 4. The number of fused-ring (bicyclic) bond motifs is 1. The Labute approximate surface area is 286 Å². The molecule has 0 saturated heterocycles. The van der Waals surface area contributed by atoms with Gasteiger partial charge in [0.1, 0.15) is 18.1 Å². The van der Waals surface area contributed by atoms with Gasteiger partial charge in [0.05, 0.1) is 6.04 Å². The second-order valence-corrected chi connectivity index (χ2v) is 13.8. The molecular weight excluding hydrogens is 604 g/mol. The van der Waals surface area contributed by atoms with Crippen molar-refractivity contribution in [2.75, 3.05) is 34.7 Å². The first-order valence-electron chi connectivity index (χ1n) is 17.0. The minimum atomic E-state index is -0.852. The average molecular weight is 661 g/mol. The summed E-state index contributed by atoms with van der Waals surface area (Å²) in [7, 11) is 6.65. The highest BCUT2D eigenvalue weighted by Gasteiger charge is 2.41. The van der Waals surface area contributed by atoms with E-state index in [1.54, 1.807) is 28.2 Å². The van der Waals surface area contributed by atoms with Crippen molar-refractivity contribution in [1.29, 1.82) is 0 Å². The molecule has 0 aliphatic carbocycles. The molecule has 4 amide bonds. The molecule has 262 valence electrons. The second-order valence-electron chi connectivity index (χ2n) is 13.8. The molecule has 3 N–H and O–H groups in total. The van der Waals surface area contributed by atoms with Crippen LogP contribution in [0.3, 0.4) is 0 Å². The van der Waals surface area contributed by atoms with E-state index in [0.717, 1.165) is 22.0 Å². The van der Waals surface area contributed by atoms with Gasteiger partial charge in [0, 0.05) is 51.2 Å².